The highest BCUT2D eigenvalue weighted by molar-refractivity contribution is 9.10. The van der Waals surface area contributed by atoms with Gasteiger partial charge in [-0.15, -0.1) is 0 Å². The van der Waals surface area contributed by atoms with E-state index in [0.29, 0.717) is 22.6 Å². The summed E-state index contributed by atoms with van der Waals surface area (Å²) in [7, 11) is 3.24. The Balaban J connectivity index is 2.50. The largest absolute Gasteiger partial charge is 0.487 e. The number of carbonyl (C=O) groups excluding carboxylic acids is 1. The van der Waals surface area contributed by atoms with Gasteiger partial charge < -0.3 is 14.4 Å². The molecule has 0 radical (unpaired) electrons. The van der Waals surface area contributed by atoms with E-state index in [9.17, 15) is 4.79 Å². The predicted molar refractivity (Wildman–Crippen MR) is 62.0 cm³/mol. The van der Waals surface area contributed by atoms with E-state index in [1.165, 1.54) is 7.11 Å². The zero-order chi connectivity index (χ0) is 11.7. The van der Waals surface area contributed by atoms with Crippen molar-refractivity contribution >= 4 is 27.7 Å². The van der Waals surface area contributed by atoms with Crippen LogP contribution in [0.2, 0.25) is 0 Å². The highest BCUT2D eigenvalue weighted by atomic mass is 79.9. The molecule has 0 amide bonds. The van der Waals surface area contributed by atoms with Crippen molar-refractivity contribution in [3.63, 3.8) is 0 Å². The number of esters is 1. The first-order valence-corrected chi connectivity index (χ1v) is 5.55. The topological polar surface area (TPSA) is 51.7 Å². The first kappa shape index (κ1) is 11.2. The Hall–Kier alpha value is -1.30. The second kappa shape index (κ2) is 4.29. The molecule has 5 nitrogen and oxygen atoms in total. The lowest BCUT2D eigenvalue weighted by Crippen LogP contribution is -2.30. The highest BCUT2D eigenvalue weighted by Crippen LogP contribution is 2.36. The smallest absolute Gasteiger partial charge is 0.356 e. The zero-order valence-corrected chi connectivity index (χ0v) is 10.6. The minimum absolute atomic E-state index is 0.269. The molecule has 0 aliphatic carbocycles. The molecule has 6 heteroatoms. The molecule has 0 saturated carbocycles. The third-order valence-corrected chi connectivity index (χ3v) is 2.93. The van der Waals surface area contributed by atoms with Gasteiger partial charge in [-0.25, -0.2) is 9.78 Å². The molecule has 0 spiro atoms. The van der Waals surface area contributed by atoms with E-state index < -0.39 is 5.97 Å². The molecule has 0 saturated heterocycles. The highest BCUT2D eigenvalue weighted by Gasteiger charge is 2.22. The van der Waals surface area contributed by atoms with Crippen LogP contribution >= 0.6 is 15.9 Å². The van der Waals surface area contributed by atoms with Crippen LogP contribution in [0.5, 0.6) is 5.75 Å². The van der Waals surface area contributed by atoms with E-state index in [2.05, 4.69) is 25.7 Å². The van der Waals surface area contributed by atoms with Crippen LogP contribution in [-0.2, 0) is 4.74 Å². The summed E-state index contributed by atoms with van der Waals surface area (Å²) in [6.45, 7) is 1.36. The van der Waals surface area contributed by atoms with Crippen LogP contribution in [0.15, 0.2) is 10.5 Å². The predicted octanol–water partition coefficient (Wildman–Crippen LogP) is 1.46. The summed E-state index contributed by atoms with van der Waals surface area (Å²) >= 11 is 3.36. The van der Waals surface area contributed by atoms with Crippen molar-refractivity contribution in [1.82, 2.24) is 4.98 Å². The fraction of sp³-hybridized carbons (Fsp3) is 0.400. The zero-order valence-electron chi connectivity index (χ0n) is 8.99. The van der Waals surface area contributed by atoms with Gasteiger partial charge >= 0.3 is 5.97 Å². The Morgan fingerprint density at radius 3 is 3.12 bits per heavy atom. The van der Waals surface area contributed by atoms with Crippen LogP contribution in [0.4, 0.5) is 5.82 Å². The molecule has 0 unspecified atom stereocenters. The fourth-order valence-electron chi connectivity index (χ4n) is 1.48. The lowest BCUT2D eigenvalue weighted by molar-refractivity contribution is 0.0594. The normalized spacial score (nSPS) is 14.1. The van der Waals surface area contributed by atoms with Crippen molar-refractivity contribution in [1.29, 1.82) is 0 Å². The number of nitrogens with zero attached hydrogens (tertiary/aromatic N) is 2. The van der Waals surface area contributed by atoms with Crippen molar-refractivity contribution in [3.05, 3.63) is 16.2 Å². The molecular formula is C10H11BrN2O3. The van der Waals surface area contributed by atoms with Gasteiger partial charge in [0.1, 0.15) is 6.61 Å². The van der Waals surface area contributed by atoms with Crippen LogP contribution in [0, 0.1) is 0 Å². The van der Waals surface area contributed by atoms with E-state index in [0.717, 1.165) is 6.54 Å². The number of fused-ring (bicyclic) bond motifs is 1. The average Bonchev–Trinajstić information content (AvgIpc) is 2.29. The summed E-state index contributed by atoms with van der Waals surface area (Å²) in [5, 5.41) is 0. The van der Waals surface area contributed by atoms with Gasteiger partial charge in [-0.05, 0) is 22.0 Å². The molecule has 0 bridgehead atoms. The van der Waals surface area contributed by atoms with Gasteiger partial charge in [-0.1, -0.05) is 0 Å². The summed E-state index contributed by atoms with van der Waals surface area (Å²) in [5.74, 6) is 0.866. The summed E-state index contributed by atoms with van der Waals surface area (Å²) in [6.07, 6.45) is 0. The lowest BCUT2D eigenvalue weighted by atomic mass is 10.3. The third-order valence-electron chi connectivity index (χ3n) is 2.34. The Morgan fingerprint density at radius 1 is 1.69 bits per heavy atom. The number of halogens is 1. The SMILES string of the molecule is COC(=O)c1cc(Br)c2c(n1)N(C)CCO2. The standard InChI is InChI=1S/C10H11BrN2O3/c1-13-3-4-16-8-6(11)5-7(10(14)15-2)12-9(8)13/h5H,3-4H2,1-2H3. The number of anilines is 1. The van der Waals surface area contributed by atoms with Gasteiger partial charge in [0.15, 0.2) is 17.3 Å². The maximum Gasteiger partial charge on any atom is 0.356 e. The van der Waals surface area contributed by atoms with Crippen LogP contribution < -0.4 is 9.64 Å². The minimum Gasteiger partial charge on any atom is -0.487 e. The van der Waals surface area contributed by atoms with E-state index in [1.807, 2.05) is 11.9 Å². The Kier molecular flexibility index (Phi) is 3.00. The lowest BCUT2D eigenvalue weighted by Gasteiger charge is -2.27. The van der Waals surface area contributed by atoms with E-state index in [4.69, 9.17) is 4.74 Å². The molecule has 1 aromatic heterocycles. The quantitative estimate of drug-likeness (QED) is 0.732. The average molecular weight is 287 g/mol. The van der Waals surface area contributed by atoms with Crippen molar-refractivity contribution in [3.8, 4) is 5.75 Å². The molecule has 0 atom stereocenters. The molecule has 1 aliphatic heterocycles. The molecular weight excluding hydrogens is 276 g/mol. The van der Waals surface area contributed by atoms with E-state index >= 15 is 0 Å². The summed E-state index contributed by atoms with van der Waals surface area (Å²) in [6, 6.07) is 1.60. The Morgan fingerprint density at radius 2 is 2.44 bits per heavy atom. The van der Waals surface area contributed by atoms with Crippen LogP contribution in [0.3, 0.4) is 0 Å². The first-order valence-electron chi connectivity index (χ1n) is 4.76. The van der Waals surface area contributed by atoms with Crippen molar-refractivity contribution in [2.45, 2.75) is 0 Å². The molecule has 0 aromatic carbocycles. The van der Waals surface area contributed by atoms with Gasteiger partial charge in [-0.3, -0.25) is 0 Å². The number of pyridine rings is 1. The number of likely N-dealkylation sites (N-methyl/N-ethyl adjacent to an activating group) is 1. The number of aromatic nitrogens is 1. The number of ether oxygens (including phenoxy) is 2. The third kappa shape index (κ3) is 1.84. The Labute approximate surface area is 101 Å². The summed E-state index contributed by atoms with van der Waals surface area (Å²) < 4.78 is 10.8. The van der Waals surface area contributed by atoms with Crippen LogP contribution in [0.25, 0.3) is 0 Å². The number of methoxy groups -OCH3 is 1. The second-order valence-corrected chi connectivity index (χ2v) is 4.26. The summed E-state index contributed by atoms with van der Waals surface area (Å²) in [4.78, 5) is 17.6. The molecule has 16 heavy (non-hydrogen) atoms. The van der Waals surface area contributed by atoms with Gasteiger partial charge in [0.2, 0.25) is 0 Å². The molecule has 1 aliphatic rings. The minimum atomic E-state index is -0.456. The van der Waals surface area contributed by atoms with Crippen LogP contribution in [0.1, 0.15) is 10.5 Å². The number of carbonyl (C=O) groups is 1. The second-order valence-electron chi connectivity index (χ2n) is 3.40. The number of hydrogen-bond donors (Lipinski definition) is 0. The monoisotopic (exact) mass is 286 g/mol. The van der Waals surface area contributed by atoms with Crippen molar-refractivity contribution in [2.75, 3.05) is 32.2 Å². The first-order chi connectivity index (χ1) is 7.63. The number of rotatable bonds is 1. The van der Waals surface area contributed by atoms with Gasteiger partial charge in [0, 0.05) is 7.05 Å². The molecule has 0 fully saturated rings. The number of hydrogen-bond acceptors (Lipinski definition) is 5. The van der Waals surface area contributed by atoms with Crippen LogP contribution in [-0.4, -0.2) is 38.3 Å². The van der Waals surface area contributed by atoms with Gasteiger partial charge in [0.05, 0.1) is 18.1 Å². The van der Waals surface area contributed by atoms with E-state index in [-0.39, 0.29) is 5.69 Å². The Bertz CT molecular complexity index is 436. The maximum absolute atomic E-state index is 11.4. The van der Waals surface area contributed by atoms with E-state index in [1.54, 1.807) is 6.07 Å². The molecule has 2 rings (SSSR count). The van der Waals surface area contributed by atoms with Crippen molar-refractivity contribution < 1.29 is 14.3 Å². The molecule has 2 heterocycles. The summed E-state index contributed by atoms with van der Waals surface area (Å²) in [5.41, 5.74) is 0.269. The molecule has 1 aromatic rings. The maximum atomic E-state index is 11.4. The molecule has 0 N–H and O–H groups in total. The van der Waals surface area contributed by atoms with Gasteiger partial charge in [0.25, 0.3) is 0 Å². The molecule has 86 valence electrons. The fourth-order valence-corrected chi connectivity index (χ4v) is 1.99. The van der Waals surface area contributed by atoms with Gasteiger partial charge in [-0.2, -0.15) is 0 Å². The van der Waals surface area contributed by atoms with Crippen molar-refractivity contribution in [2.24, 2.45) is 0 Å².